The van der Waals surface area contributed by atoms with Crippen LogP contribution in [-0.2, 0) is 9.59 Å². The second-order valence-electron chi connectivity index (χ2n) is 5.76. The third-order valence-electron chi connectivity index (χ3n) is 4.46. The van der Waals surface area contributed by atoms with E-state index < -0.39 is 29.6 Å². The predicted octanol–water partition coefficient (Wildman–Crippen LogP) is 1.62. The highest BCUT2D eigenvalue weighted by atomic mass is 35.5. The van der Waals surface area contributed by atoms with Gasteiger partial charge in [-0.1, -0.05) is 35.9 Å². The molecule has 7 heteroatoms. The van der Waals surface area contributed by atoms with E-state index in [0.29, 0.717) is 6.42 Å². The van der Waals surface area contributed by atoms with Gasteiger partial charge in [0, 0.05) is 0 Å². The fraction of sp³-hybridized carbons (Fsp3) is 0.312. The summed E-state index contributed by atoms with van der Waals surface area (Å²) >= 11 is 5.92. The summed E-state index contributed by atoms with van der Waals surface area (Å²) in [5, 5.41) is 9.60. The lowest BCUT2D eigenvalue weighted by atomic mass is 9.82. The zero-order valence-corrected chi connectivity index (χ0v) is 12.8. The summed E-state index contributed by atoms with van der Waals surface area (Å²) in [6.45, 7) is 0. The summed E-state index contributed by atoms with van der Waals surface area (Å²) in [7, 11) is 0. The number of carboxylic acids is 1. The van der Waals surface area contributed by atoms with E-state index in [-0.39, 0.29) is 22.4 Å². The van der Waals surface area contributed by atoms with Crippen molar-refractivity contribution in [1.29, 1.82) is 0 Å². The Hall–Kier alpha value is -2.34. The van der Waals surface area contributed by atoms with Crippen LogP contribution in [0.3, 0.4) is 0 Å². The third-order valence-corrected chi connectivity index (χ3v) is 4.79. The maximum absolute atomic E-state index is 12.3. The number of benzene rings is 1. The summed E-state index contributed by atoms with van der Waals surface area (Å²) in [6.07, 6.45) is 4.40. The Balaban J connectivity index is 1.66. The van der Waals surface area contributed by atoms with Crippen molar-refractivity contribution >= 4 is 29.4 Å². The summed E-state index contributed by atoms with van der Waals surface area (Å²) in [6, 6.07) is 6.45. The first kappa shape index (κ1) is 15.6. The first-order valence-corrected chi connectivity index (χ1v) is 7.62. The minimum atomic E-state index is -0.987. The molecule has 2 bridgehead atoms. The number of rotatable bonds is 3. The SMILES string of the molecule is O=C(NNC(=O)[C@@H]1[C@@H](C(=O)O)[C@H]2C=C[C@H]1C2)c1ccccc1Cl. The van der Waals surface area contributed by atoms with Crippen molar-refractivity contribution in [3.63, 3.8) is 0 Å². The highest BCUT2D eigenvalue weighted by Crippen LogP contribution is 2.48. The number of allylic oxidation sites excluding steroid dienone is 2. The molecule has 1 saturated carbocycles. The Bertz CT molecular complexity index is 703. The van der Waals surface area contributed by atoms with E-state index in [1.165, 1.54) is 6.07 Å². The number of aliphatic carboxylic acids is 1. The minimum Gasteiger partial charge on any atom is -0.481 e. The van der Waals surface area contributed by atoms with Gasteiger partial charge in [0.25, 0.3) is 5.91 Å². The van der Waals surface area contributed by atoms with Crippen LogP contribution in [-0.4, -0.2) is 22.9 Å². The van der Waals surface area contributed by atoms with Crippen LogP contribution in [0.2, 0.25) is 5.02 Å². The average molecular weight is 335 g/mol. The zero-order chi connectivity index (χ0) is 16.6. The number of fused-ring (bicyclic) bond motifs is 2. The molecule has 2 amide bonds. The maximum atomic E-state index is 12.3. The zero-order valence-electron chi connectivity index (χ0n) is 12.0. The molecule has 0 radical (unpaired) electrons. The number of hydrogen-bond donors (Lipinski definition) is 3. The Morgan fingerprint density at radius 2 is 1.70 bits per heavy atom. The van der Waals surface area contributed by atoms with Crippen molar-refractivity contribution in [2.24, 2.45) is 23.7 Å². The van der Waals surface area contributed by atoms with Gasteiger partial charge >= 0.3 is 5.97 Å². The number of nitrogens with one attached hydrogen (secondary N) is 2. The van der Waals surface area contributed by atoms with Crippen LogP contribution in [0.1, 0.15) is 16.8 Å². The average Bonchev–Trinajstić information content (AvgIpc) is 3.13. The van der Waals surface area contributed by atoms with Crippen molar-refractivity contribution in [2.75, 3.05) is 0 Å². The maximum Gasteiger partial charge on any atom is 0.307 e. The quantitative estimate of drug-likeness (QED) is 0.578. The van der Waals surface area contributed by atoms with E-state index in [2.05, 4.69) is 10.9 Å². The summed E-state index contributed by atoms with van der Waals surface area (Å²) in [5.74, 6) is -3.66. The van der Waals surface area contributed by atoms with Gasteiger partial charge < -0.3 is 5.11 Å². The van der Waals surface area contributed by atoms with Gasteiger partial charge in [-0.05, 0) is 30.4 Å². The second kappa shape index (κ2) is 6.04. The van der Waals surface area contributed by atoms with Gasteiger partial charge in [-0.25, -0.2) is 0 Å². The molecule has 1 aromatic carbocycles. The standard InChI is InChI=1S/C16H15ClN2O4/c17-11-4-2-1-3-10(11)14(20)18-19-15(21)12-8-5-6-9(7-8)13(12)16(22)23/h1-6,8-9,12-13H,7H2,(H,18,20)(H,19,21)(H,22,23)/t8-,9-,12-,13-/m0/s1. The fourth-order valence-corrected chi connectivity index (χ4v) is 3.65. The van der Waals surface area contributed by atoms with E-state index in [1.807, 2.05) is 12.2 Å². The van der Waals surface area contributed by atoms with E-state index in [0.717, 1.165) is 0 Å². The molecular weight excluding hydrogens is 320 g/mol. The van der Waals surface area contributed by atoms with Crippen LogP contribution in [0.4, 0.5) is 0 Å². The normalized spacial score (nSPS) is 27.7. The lowest BCUT2D eigenvalue weighted by molar-refractivity contribution is -0.148. The lowest BCUT2D eigenvalue weighted by Gasteiger charge is -2.23. The van der Waals surface area contributed by atoms with Crippen molar-refractivity contribution in [3.05, 3.63) is 47.0 Å². The number of carboxylic acid groups (broad SMARTS) is 1. The molecule has 0 unspecified atom stereocenters. The first-order chi connectivity index (χ1) is 11.0. The van der Waals surface area contributed by atoms with Crippen molar-refractivity contribution in [1.82, 2.24) is 10.9 Å². The Morgan fingerprint density at radius 3 is 2.35 bits per heavy atom. The third kappa shape index (κ3) is 2.82. The Morgan fingerprint density at radius 1 is 1.04 bits per heavy atom. The molecule has 0 aliphatic heterocycles. The molecule has 0 aromatic heterocycles. The molecule has 3 N–H and O–H groups in total. The minimum absolute atomic E-state index is 0.0988. The van der Waals surface area contributed by atoms with Gasteiger partial charge in [0.1, 0.15) is 0 Å². The van der Waals surface area contributed by atoms with E-state index in [1.54, 1.807) is 18.2 Å². The second-order valence-corrected chi connectivity index (χ2v) is 6.17. The van der Waals surface area contributed by atoms with Gasteiger partial charge in [0.2, 0.25) is 5.91 Å². The number of halogens is 1. The van der Waals surface area contributed by atoms with Gasteiger partial charge in [-0.15, -0.1) is 0 Å². The smallest absolute Gasteiger partial charge is 0.307 e. The molecule has 1 fully saturated rings. The van der Waals surface area contributed by atoms with Crippen LogP contribution in [0.25, 0.3) is 0 Å². The largest absolute Gasteiger partial charge is 0.481 e. The Labute approximate surface area is 137 Å². The number of carbonyl (C=O) groups is 3. The molecular formula is C16H15ClN2O4. The van der Waals surface area contributed by atoms with Crippen LogP contribution in [0.15, 0.2) is 36.4 Å². The summed E-state index contributed by atoms with van der Waals surface area (Å²) in [5.41, 5.74) is 4.85. The van der Waals surface area contributed by atoms with Gasteiger partial charge in [-0.3, -0.25) is 25.2 Å². The molecule has 4 atom stereocenters. The van der Waals surface area contributed by atoms with Gasteiger partial charge in [0.15, 0.2) is 0 Å². The molecule has 23 heavy (non-hydrogen) atoms. The summed E-state index contributed by atoms with van der Waals surface area (Å²) in [4.78, 5) is 35.7. The van der Waals surface area contributed by atoms with Crippen LogP contribution in [0.5, 0.6) is 0 Å². The highest BCUT2D eigenvalue weighted by Gasteiger charge is 2.51. The molecule has 0 saturated heterocycles. The van der Waals surface area contributed by atoms with Crippen molar-refractivity contribution < 1.29 is 19.5 Å². The first-order valence-electron chi connectivity index (χ1n) is 7.25. The van der Waals surface area contributed by atoms with E-state index in [9.17, 15) is 19.5 Å². The van der Waals surface area contributed by atoms with Crippen LogP contribution < -0.4 is 10.9 Å². The molecule has 2 aliphatic carbocycles. The summed E-state index contributed by atoms with van der Waals surface area (Å²) < 4.78 is 0. The van der Waals surface area contributed by atoms with Crippen LogP contribution >= 0.6 is 11.6 Å². The fourth-order valence-electron chi connectivity index (χ4n) is 3.43. The molecule has 6 nitrogen and oxygen atoms in total. The van der Waals surface area contributed by atoms with Crippen molar-refractivity contribution in [3.8, 4) is 0 Å². The molecule has 2 aliphatic rings. The molecule has 120 valence electrons. The highest BCUT2D eigenvalue weighted by molar-refractivity contribution is 6.33. The lowest BCUT2D eigenvalue weighted by Crippen LogP contribution is -2.48. The number of amides is 2. The van der Waals surface area contributed by atoms with E-state index in [4.69, 9.17) is 11.6 Å². The number of carbonyl (C=O) groups excluding carboxylic acids is 2. The monoisotopic (exact) mass is 334 g/mol. The number of hydrogen-bond acceptors (Lipinski definition) is 3. The topological polar surface area (TPSA) is 95.5 Å². The van der Waals surface area contributed by atoms with Gasteiger partial charge in [-0.2, -0.15) is 0 Å². The molecule has 1 aromatic rings. The molecule has 3 rings (SSSR count). The Kier molecular flexibility index (Phi) is 4.09. The predicted molar refractivity (Wildman–Crippen MR) is 82.4 cm³/mol. The number of hydrazine groups is 1. The van der Waals surface area contributed by atoms with E-state index >= 15 is 0 Å². The van der Waals surface area contributed by atoms with Crippen molar-refractivity contribution in [2.45, 2.75) is 6.42 Å². The molecule has 0 heterocycles. The van der Waals surface area contributed by atoms with Gasteiger partial charge in [0.05, 0.1) is 22.4 Å². The molecule has 0 spiro atoms. The van der Waals surface area contributed by atoms with Crippen LogP contribution in [0, 0.1) is 23.7 Å².